The van der Waals surface area contributed by atoms with Crippen molar-refractivity contribution in [2.75, 3.05) is 6.61 Å². The lowest BCUT2D eigenvalue weighted by atomic mass is 10.1. The summed E-state index contributed by atoms with van der Waals surface area (Å²) in [5.74, 6) is -1.53. The summed E-state index contributed by atoms with van der Waals surface area (Å²) in [7, 11) is -2.92. The highest BCUT2D eigenvalue weighted by Gasteiger charge is 2.50. The Morgan fingerprint density at radius 3 is 2.00 bits per heavy atom. The molecule has 2 aromatic rings. The molecule has 0 aromatic heterocycles. The molecule has 6 heteroatoms. The molecule has 0 saturated heterocycles. The number of benzene rings is 2. The van der Waals surface area contributed by atoms with Crippen molar-refractivity contribution in [1.82, 2.24) is 5.32 Å². The summed E-state index contributed by atoms with van der Waals surface area (Å²) in [6.07, 6.45) is 12.8. The zero-order chi connectivity index (χ0) is 28.0. The van der Waals surface area contributed by atoms with Crippen LogP contribution in [0, 0.1) is 0 Å². The number of hydrogen-bond acceptors (Lipinski definition) is 3. The molecular weight excluding hydrogens is 490 g/mol. The maximum Gasteiger partial charge on any atom is 0.328 e. The van der Waals surface area contributed by atoms with Crippen LogP contribution in [0.25, 0.3) is 0 Å². The molecule has 1 amide bonds. The van der Waals surface area contributed by atoms with Gasteiger partial charge >= 0.3 is 5.97 Å². The molecule has 1 unspecified atom stereocenters. The number of aliphatic carboxylic acids is 1. The standard InChI is InChI=1S/C32H45NO4Si/c1-6-7-8-9-10-11-12-15-20-26(2)30(34)33-29(31(35)36)25-37-38(32(3,4)5,27-21-16-13-17-22-27)28-23-18-14-19-24-28/h12-24,29H,6-11,25H2,1-5H3,(H,33,34)(H,35,36)/b15-12+,26-20+. The summed E-state index contributed by atoms with van der Waals surface area (Å²) in [6, 6.07) is 18.9. The predicted octanol–water partition coefficient (Wildman–Crippen LogP) is 6.00. The smallest absolute Gasteiger partial charge is 0.328 e. The van der Waals surface area contributed by atoms with E-state index in [0.717, 1.165) is 23.2 Å². The normalized spacial score (nSPS) is 13.4. The van der Waals surface area contributed by atoms with Gasteiger partial charge in [-0.2, -0.15) is 0 Å². The van der Waals surface area contributed by atoms with Crippen molar-refractivity contribution in [2.24, 2.45) is 0 Å². The molecule has 2 aromatic carbocycles. The molecule has 0 fully saturated rings. The topological polar surface area (TPSA) is 75.6 Å². The number of amides is 1. The maximum absolute atomic E-state index is 12.8. The van der Waals surface area contributed by atoms with Crippen molar-refractivity contribution in [3.8, 4) is 0 Å². The van der Waals surface area contributed by atoms with Crippen LogP contribution in [0.3, 0.4) is 0 Å². The molecular formula is C32H45NO4Si. The van der Waals surface area contributed by atoms with E-state index in [0.29, 0.717) is 5.57 Å². The van der Waals surface area contributed by atoms with Gasteiger partial charge in [0.1, 0.15) is 6.04 Å². The Labute approximate surface area is 230 Å². The van der Waals surface area contributed by atoms with E-state index < -0.39 is 26.2 Å². The zero-order valence-electron chi connectivity index (χ0n) is 23.7. The Morgan fingerprint density at radius 1 is 0.947 bits per heavy atom. The third kappa shape index (κ3) is 8.81. The highest BCUT2D eigenvalue weighted by atomic mass is 28.4. The van der Waals surface area contributed by atoms with E-state index in [1.165, 1.54) is 25.7 Å². The first kappa shape index (κ1) is 31.3. The molecule has 0 heterocycles. The first-order valence-electron chi connectivity index (χ1n) is 13.8. The van der Waals surface area contributed by atoms with Gasteiger partial charge in [0, 0.05) is 5.57 Å². The molecule has 2 rings (SSSR count). The molecule has 0 saturated carbocycles. The van der Waals surface area contributed by atoms with E-state index in [1.807, 2.05) is 42.5 Å². The van der Waals surface area contributed by atoms with Crippen LogP contribution in [-0.2, 0) is 14.0 Å². The van der Waals surface area contributed by atoms with Crippen LogP contribution >= 0.6 is 0 Å². The minimum atomic E-state index is -2.92. The summed E-state index contributed by atoms with van der Waals surface area (Å²) in [5.41, 5.74) is 0.462. The zero-order valence-corrected chi connectivity index (χ0v) is 24.7. The molecule has 0 bridgehead atoms. The highest BCUT2D eigenvalue weighted by molar-refractivity contribution is 6.99. The van der Waals surface area contributed by atoms with Crippen LogP contribution < -0.4 is 15.7 Å². The van der Waals surface area contributed by atoms with E-state index in [4.69, 9.17) is 4.43 Å². The molecule has 1 atom stereocenters. The fourth-order valence-corrected chi connectivity index (χ4v) is 9.24. The van der Waals surface area contributed by atoms with Crippen LogP contribution in [0.2, 0.25) is 5.04 Å². The van der Waals surface area contributed by atoms with E-state index in [-0.39, 0.29) is 11.6 Å². The Bertz CT molecular complexity index is 1020. The van der Waals surface area contributed by atoms with Gasteiger partial charge in [0.05, 0.1) is 6.61 Å². The number of rotatable bonds is 15. The number of unbranched alkanes of at least 4 members (excludes halogenated alkanes) is 5. The highest BCUT2D eigenvalue weighted by Crippen LogP contribution is 2.36. The van der Waals surface area contributed by atoms with Gasteiger partial charge in [0.25, 0.3) is 8.32 Å². The van der Waals surface area contributed by atoms with Crippen molar-refractivity contribution in [3.63, 3.8) is 0 Å². The van der Waals surface area contributed by atoms with Gasteiger partial charge < -0.3 is 14.8 Å². The Balaban J connectivity index is 2.18. The minimum absolute atomic E-state index is 0.130. The van der Waals surface area contributed by atoms with Crippen LogP contribution in [0.1, 0.15) is 73.1 Å². The number of nitrogens with one attached hydrogen (secondary N) is 1. The number of carbonyl (C=O) groups is 2. The number of carboxylic acid groups (broad SMARTS) is 1. The lowest BCUT2D eigenvalue weighted by Gasteiger charge is -2.43. The number of carbonyl (C=O) groups excluding carboxylic acids is 1. The second-order valence-electron chi connectivity index (χ2n) is 10.8. The van der Waals surface area contributed by atoms with E-state index >= 15 is 0 Å². The molecule has 2 N–H and O–H groups in total. The summed E-state index contributed by atoms with van der Waals surface area (Å²) >= 11 is 0. The van der Waals surface area contributed by atoms with Gasteiger partial charge in [-0.25, -0.2) is 4.79 Å². The first-order valence-corrected chi connectivity index (χ1v) is 15.7. The number of carboxylic acids is 1. The van der Waals surface area contributed by atoms with E-state index in [9.17, 15) is 14.7 Å². The van der Waals surface area contributed by atoms with Gasteiger partial charge in [-0.3, -0.25) is 4.79 Å². The summed E-state index contributed by atoms with van der Waals surface area (Å²) in [5, 5.41) is 14.5. The van der Waals surface area contributed by atoms with Crippen LogP contribution in [0.5, 0.6) is 0 Å². The second kappa shape index (κ2) is 15.4. The van der Waals surface area contributed by atoms with Crippen LogP contribution in [-0.4, -0.2) is 37.9 Å². The van der Waals surface area contributed by atoms with Crippen molar-refractivity contribution >= 4 is 30.6 Å². The molecule has 5 nitrogen and oxygen atoms in total. The quantitative estimate of drug-likeness (QED) is 0.127. The largest absolute Gasteiger partial charge is 0.480 e. The molecule has 0 aliphatic rings. The van der Waals surface area contributed by atoms with Crippen molar-refractivity contribution in [3.05, 3.63) is 84.5 Å². The molecule has 206 valence electrons. The van der Waals surface area contributed by atoms with Gasteiger partial charge in [-0.1, -0.05) is 132 Å². The summed E-state index contributed by atoms with van der Waals surface area (Å²) in [6.45, 7) is 10.2. The molecule has 0 radical (unpaired) electrons. The Morgan fingerprint density at radius 2 is 1.50 bits per heavy atom. The van der Waals surface area contributed by atoms with Crippen molar-refractivity contribution in [1.29, 1.82) is 0 Å². The molecule has 38 heavy (non-hydrogen) atoms. The number of hydrogen-bond donors (Lipinski definition) is 2. The predicted molar refractivity (Wildman–Crippen MR) is 159 cm³/mol. The van der Waals surface area contributed by atoms with Crippen molar-refractivity contribution in [2.45, 2.75) is 84.2 Å². The van der Waals surface area contributed by atoms with E-state index in [2.05, 4.69) is 63.4 Å². The fraction of sp³-hybridized carbons (Fsp3) is 0.438. The summed E-state index contributed by atoms with van der Waals surface area (Å²) in [4.78, 5) is 25.0. The lowest BCUT2D eigenvalue weighted by Crippen LogP contribution is -2.67. The minimum Gasteiger partial charge on any atom is -0.480 e. The Hall–Kier alpha value is -2.96. The first-order chi connectivity index (χ1) is 18.1. The molecule has 0 spiro atoms. The van der Waals surface area contributed by atoms with Gasteiger partial charge in [-0.15, -0.1) is 0 Å². The lowest BCUT2D eigenvalue weighted by molar-refractivity contribution is -0.142. The SMILES string of the molecule is CCCCCCC/C=C/C=C(\C)C(=O)NC(CO[Si](c1ccccc1)(c1ccccc1)C(C)(C)C)C(=O)O. The average Bonchev–Trinajstić information content (AvgIpc) is 2.90. The average molecular weight is 536 g/mol. The van der Waals surface area contributed by atoms with Crippen molar-refractivity contribution < 1.29 is 19.1 Å². The number of allylic oxidation sites excluding steroid dienone is 3. The Kier molecular flexibility index (Phi) is 12.7. The third-order valence-corrected chi connectivity index (χ3v) is 11.8. The fourth-order valence-electron chi connectivity index (χ4n) is 4.67. The maximum atomic E-state index is 12.8. The van der Waals surface area contributed by atoms with Gasteiger partial charge in [0.2, 0.25) is 5.91 Å². The summed E-state index contributed by atoms with van der Waals surface area (Å²) < 4.78 is 6.73. The second-order valence-corrected chi connectivity index (χ2v) is 15.1. The van der Waals surface area contributed by atoms with Gasteiger partial charge in [0.15, 0.2) is 0 Å². The third-order valence-electron chi connectivity index (χ3n) is 6.80. The van der Waals surface area contributed by atoms with Crippen LogP contribution in [0.4, 0.5) is 0 Å². The molecule has 0 aliphatic heterocycles. The monoisotopic (exact) mass is 535 g/mol. The van der Waals surface area contributed by atoms with E-state index in [1.54, 1.807) is 13.0 Å². The van der Waals surface area contributed by atoms with Gasteiger partial charge in [-0.05, 0) is 35.2 Å². The van der Waals surface area contributed by atoms with Crippen LogP contribution in [0.15, 0.2) is 84.5 Å². The molecule has 0 aliphatic carbocycles.